The largest absolute Gasteiger partial charge is 0.380 e. The van der Waals surface area contributed by atoms with Gasteiger partial charge in [0.25, 0.3) is 0 Å². The van der Waals surface area contributed by atoms with Crippen molar-refractivity contribution in [2.24, 2.45) is 0 Å². The average Bonchev–Trinajstić information content (AvgIpc) is 2.70. The van der Waals surface area contributed by atoms with E-state index < -0.39 is 15.8 Å². The molecule has 0 radical (unpaired) electrons. The number of rotatable bonds is 4. The van der Waals surface area contributed by atoms with Gasteiger partial charge in [-0.3, -0.25) is 0 Å². The van der Waals surface area contributed by atoms with Crippen LogP contribution in [0.4, 0.5) is 4.39 Å². The predicted octanol–water partition coefficient (Wildman–Crippen LogP) is 0.956. The fourth-order valence-corrected chi connectivity index (χ4v) is 3.74. The van der Waals surface area contributed by atoms with Crippen molar-refractivity contribution in [1.82, 2.24) is 9.62 Å². The smallest absolute Gasteiger partial charge is 0.246 e. The Bertz CT molecular complexity index is 555. The lowest BCUT2D eigenvalue weighted by Gasteiger charge is -2.20. The second-order valence-electron chi connectivity index (χ2n) is 4.67. The summed E-state index contributed by atoms with van der Waals surface area (Å²) in [4.78, 5) is -0.257. The van der Waals surface area contributed by atoms with Crippen LogP contribution < -0.4 is 5.32 Å². The molecule has 0 aromatic heterocycles. The molecular weight excluding hydrogens is 283 g/mol. The number of sulfonamides is 1. The summed E-state index contributed by atoms with van der Waals surface area (Å²) in [5.41, 5.74) is 0.735. The molecule has 0 atom stereocenters. The molecule has 1 aromatic carbocycles. The topological polar surface area (TPSA) is 58.6 Å². The highest BCUT2D eigenvalue weighted by Crippen LogP contribution is 2.21. The second kappa shape index (κ2) is 6.62. The van der Waals surface area contributed by atoms with E-state index in [2.05, 4.69) is 5.32 Å². The van der Waals surface area contributed by atoms with Gasteiger partial charge in [0, 0.05) is 26.2 Å². The van der Waals surface area contributed by atoms with Crippen molar-refractivity contribution in [2.45, 2.75) is 17.9 Å². The highest BCUT2D eigenvalue weighted by molar-refractivity contribution is 7.89. The van der Waals surface area contributed by atoms with Crippen LogP contribution in [0, 0.1) is 5.82 Å². The van der Waals surface area contributed by atoms with E-state index in [9.17, 15) is 12.8 Å². The Morgan fingerprint density at radius 1 is 1.35 bits per heavy atom. The van der Waals surface area contributed by atoms with Crippen LogP contribution >= 0.6 is 0 Å². The minimum Gasteiger partial charge on any atom is -0.380 e. The molecule has 1 heterocycles. The molecule has 0 amide bonds. The SMILES string of the molecule is CNCc1ccc(F)c(S(=O)(=O)N2CCCOCC2)c1. The molecule has 1 fully saturated rings. The van der Waals surface area contributed by atoms with Gasteiger partial charge in [-0.15, -0.1) is 0 Å². The van der Waals surface area contributed by atoms with Gasteiger partial charge in [0.2, 0.25) is 10.0 Å². The molecule has 0 unspecified atom stereocenters. The number of benzene rings is 1. The summed E-state index contributed by atoms with van der Waals surface area (Å²) in [5, 5.41) is 2.92. The number of nitrogens with one attached hydrogen (secondary N) is 1. The zero-order valence-electron chi connectivity index (χ0n) is 11.4. The predicted molar refractivity (Wildman–Crippen MR) is 73.4 cm³/mol. The van der Waals surface area contributed by atoms with E-state index in [0.29, 0.717) is 32.7 Å². The van der Waals surface area contributed by atoms with Gasteiger partial charge >= 0.3 is 0 Å². The summed E-state index contributed by atoms with van der Waals surface area (Å²) in [6, 6.07) is 4.18. The summed E-state index contributed by atoms with van der Waals surface area (Å²) in [5.74, 6) is -0.713. The Balaban J connectivity index is 2.34. The zero-order valence-corrected chi connectivity index (χ0v) is 12.2. The molecule has 5 nitrogen and oxygen atoms in total. The monoisotopic (exact) mass is 302 g/mol. The van der Waals surface area contributed by atoms with Crippen molar-refractivity contribution in [3.63, 3.8) is 0 Å². The highest BCUT2D eigenvalue weighted by atomic mass is 32.2. The van der Waals surface area contributed by atoms with Gasteiger partial charge in [0.05, 0.1) is 6.61 Å². The van der Waals surface area contributed by atoms with Crippen molar-refractivity contribution in [2.75, 3.05) is 33.4 Å². The van der Waals surface area contributed by atoms with E-state index in [4.69, 9.17) is 4.74 Å². The molecule has 1 N–H and O–H groups in total. The Morgan fingerprint density at radius 3 is 2.90 bits per heavy atom. The number of nitrogens with zero attached hydrogens (tertiary/aromatic N) is 1. The first-order valence-corrected chi connectivity index (χ1v) is 8.00. The first kappa shape index (κ1) is 15.4. The minimum absolute atomic E-state index is 0.257. The Hall–Kier alpha value is -1.02. The summed E-state index contributed by atoms with van der Waals surface area (Å²) in [6.45, 7) is 1.99. The maximum atomic E-state index is 13.9. The standard InChI is InChI=1S/C13H19FN2O3S/c1-15-10-11-3-4-12(14)13(9-11)20(17,18)16-5-2-7-19-8-6-16/h3-4,9,15H,2,5-8,10H2,1H3. The third-order valence-electron chi connectivity index (χ3n) is 3.18. The van der Waals surface area contributed by atoms with E-state index in [1.807, 2.05) is 0 Å². The normalized spacial score (nSPS) is 17.9. The first-order valence-electron chi connectivity index (χ1n) is 6.56. The maximum absolute atomic E-state index is 13.9. The van der Waals surface area contributed by atoms with E-state index >= 15 is 0 Å². The number of ether oxygens (including phenoxy) is 1. The van der Waals surface area contributed by atoms with E-state index in [1.165, 1.54) is 16.4 Å². The summed E-state index contributed by atoms with van der Waals surface area (Å²) in [7, 11) is -2.05. The van der Waals surface area contributed by atoms with Crippen molar-refractivity contribution >= 4 is 10.0 Å². The van der Waals surface area contributed by atoms with Crippen LogP contribution in [0.5, 0.6) is 0 Å². The summed E-state index contributed by atoms with van der Waals surface area (Å²) >= 11 is 0. The van der Waals surface area contributed by atoms with Crippen LogP contribution in [-0.4, -0.2) is 46.1 Å². The molecule has 1 saturated heterocycles. The molecule has 0 saturated carbocycles. The molecule has 1 aliphatic heterocycles. The van der Waals surface area contributed by atoms with E-state index in [0.717, 1.165) is 5.56 Å². The quantitative estimate of drug-likeness (QED) is 0.900. The van der Waals surface area contributed by atoms with E-state index in [-0.39, 0.29) is 11.4 Å². The van der Waals surface area contributed by atoms with Crippen LogP contribution in [0.25, 0.3) is 0 Å². The maximum Gasteiger partial charge on any atom is 0.246 e. The molecular formula is C13H19FN2O3S. The van der Waals surface area contributed by atoms with Gasteiger partial charge in [-0.1, -0.05) is 6.07 Å². The number of halogens is 1. The van der Waals surface area contributed by atoms with Gasteiger partial charge in [-0.2, -0.15) is 4.31 Å². The van der Waals surface area contributed by atoms with E-state index in [1.54, 1.807) is 13.1 Å². The van der Waals surface area contributed by atoms with Crippen molar-refractivity contribution in [3.8, 4) is 0 Å². The highest BCUT2D eigenvalue weighted by Gasteiger charge is 2.28. The van der Waals surface area contributed by atoms with Crippen molar-refractivity contribution in [3.05, 3.63) is 29.6 Å². The van der Waals surface area contributed by atoms with Crippen LogP contribution in [0.3, 0.4) is 0 Å². The minimum atomic E-state index is -3.81. The second-order valence-corrected chi connectivity index (χ2v) is 6.57. The summed E-state index contributed by atoms with van der Waals surface area (Å²) < 4.78 is 45.5. The Labute approximate surface area is 118 Å². The van der Waals surface area contributed by atoms with Gasteiger partial charge in [0.15, 0.2) is 0 Å². The third-order valence-corrected chi connectivity index (χ3v) is 5.09. The Kier molecular flexibility index (Phi) is 5.09. The number of hydrogen-bond acceptors (Lipinski definition) is 4. The summed E-state index contributed by atoms with van der Waals surface area (Å²) in [6.07, 6.45) is 0.622. The molecule has 0 spiro atoms. The zero-order chi connectivity index (χ0) is 14.6. The molecule has 0 bridgehead atoms. The molecule has 0 aliphatic carbocycles. The lowest BCUT2D eigenvalue weighted by molar-refractivity contribution is 0.148. The van der Waals surface area contributed by atoms with Crippen LogP contribution in [0.2, 0.25) is 0 Å². The first-order chi connectivity index (χ1) is 9.55. The fraction of sp³-hybridized carbons (Fsp3) is 0.538. The van der Waals surface area contributed by atoms with Crippen LogP contribution in [0.1, 0.15) is 12.0 Å². The molecule has 20 heavy (non-hydrogen) atoms. The van der Waals surface area contributed by atoms with Gasteiger partial charge in [-0.05, 0) is 31.2 Å². The van der Waals surface area contributed by atoms with Gasteiger partial charge in [0.1, 0.15) is 10.7 Å². The van der Waals surface area contributed by atoms with Gasteiger partial charge < -0.3 is 10.1 Å². The average molecular weight is 302 g/mol. The lowest BCUT2D eigenvalue weighted by Crippen LogP contribution is -2.33. The van der Waals surface area contributed by atoms with Crippen LogP contribution in [-0.2, 0) is 21.3 Å². The molecule has 1 aliphatic rings. The van der Waals surface area contributed by atoms with Crippen molar-refractivity contribution in [1.29, 1.82) is 0 Å². The molecule has 1 aromatic rings. The fourth-order valence-electron chi connectivity index (χ4n) is 2.16. The molecule has 2 rings (SSSR count). The molecule has 7 heteroatoms. The third kappa shape index (κ3) is 3.35. The van der Waals surface area contributed by atoms with Crippen LogP contribution in [0.15, 0.2) is 23.1 Å². The Morgan fingerprint density at radius 2 is 2.15 bits per heavy atom. The van der Waals surface area contributed by atoms with Crippen molar-refractivity contribution < 1.29 is 17.5 Å². The van der Waals surface area contributed by atoms with Gasteiger partial charge in [-0.25, -0.2) is 12.8 Å². The lowest BCUT2D eigenvalue weighted by atomic mass is 10.2. The number of hydrogen-bond donors (Lipinski definition) is 1. The molecule has 112 valence electrons.